The minimum Gasteiger partial charge on any atom is -0.497 e. The SMILES string of the molecule is COc1ccc(CC[B]C(=O)OCc2ccc(OC=O)cc2)cc1. The molecular weight excluding hydrogens is 307 g/mol. The molecule has 0 spiro atoms. The van der Waals surface area contributed by atoms with Crippen LogP contribution in [0.5, 0.6) is 11.5 Å². The third-order valence-corrected chi connectivity index (χ3v) is 3.39. The van der Waals surface area contributed by atoms with Gasteiger partial charge in [0.25, 0.3) is 13.8 Å². The lowest BCUT2D eigenvalue weighted by Crippen LogP contribution is -2.11. The van der Waals surface area contributed by atoms with Gasteiger partial charge in [0, 0.05) is 0 Å². The molecule has 0 aliphatic carbocycles. The van der Waals surface area contributed by atoms with Crippen molar-refractivity contribution in [1.29, 1.82) is 0 Å². The molecule has 0 atom stereocenters. The highest BCUT2D eigenvalue weighted by Gasteiger charge is 2.06. The number of hydrogen-bond acceptors (Lipinski definition) is 5. The summed E-state index contributed by atoms with van der Waals surface area (Å²) in [7, 11) is 3.16. The lowest BCUT2D eigenvalue weighted by Gasteiger charge is -2.06. The Morgan fingerprint density at radius 3 is 2.25 bits per heavy atom. The van der Waals surface area contributed by atoms with Gasteiger partial charge in [0.05, 0.1) is 7.11 Å². The van der Waals surface area contributed by atoms with Crippen molar-refractivity contribution in [3.05, 3.63) is 59.7 Å². The van der Waals surface area contributed by atoms with Gasteiger partial charge in [-0.05, 0) is 41.8 Å². The summed E-state index contributed by atoms with van der Waals surface area (Å²) in [4.78, 5) is 21.9. The van der Waals surface area contributed by atoms with Gasteiger partial charge in [-0.3, -0.25) is 9.59 Å². The molecule has 0 bridgehead atoms. The Morgan fingerprint density at radius 2 is 1.62 bits per heavy atom. The second kappa shape index (κ2) is 9.40. The molecule has 0 saturated heterocycles. The molecule has 0 unspecified atom stereocenters. The van der Waals surface area contributed by atoms with Crippen LogP contribution < -0.4 is 9.47 Å². The highest BCUT2D eigenvalue weighted by atomic mass is 16.5. The number of carbonyl (C=O) groups excluding carboxylic acids is 2. The smallest absolute Gasteiger partial charge is 0.298 e. The molecule has 0 aromatic heterocycles. The molecule has 123 valence electrons. The van der Waals surface area contributed by atoms with Crippen LogP contribution in [0.25, 0.3) is 0 Å². The summed E-state index contributed by atoms with van der Waals surface area (Å²) in [5.41, 5.74) is 1.95. The van der Waals surface area contributed by atoms with Gasteiger partial charge in [-0.1, -0.05) is 30.6 Å². The topological polar surface area (TPSA) is 61.8 Å². The van der Waals surface area contributed by atoms with E-state index in [1.807, 2.05) is 24.3 Å². The van der Waals surface area contributed by atoms with Crippen molar-refractivity contribution < 1.29 is 23.8 Å². The first-order valence-corrected chi connectivity index (χ1v) is 7.53. The van der Waals surface area contributed by atoms with Crippen LogP contribution in [0.3, 0.4) is 0 Å². The molecule has 0 N–H and O–H groups in total. The van der Waals surface area contributed by atoms with Crippen LogP contribution in [0.2, 0.25) is 6.32 Å². The maximum absolute atomic E-state index is 11.7. The average Bonchev–Trinajstić information content (AvgIpc) is 2.62. The maximum atomic E-state index is 11.7. The van der Waals surface area contributed by atoms with Crippen molar-refractivity contribution in [3.63, 3.8) is 0 Å². The van der Waals surface area contributed by atoms with Crippen LogP contribution in [-0.4, -0.2) is 26.7 Å². The van der Waals surface area contributed by atoms with Gasteiger partial charge in [-0.2, -0.15) is 0 Å². The Balaban J connectivity index is 1.68. The number of methoxy groups -OCH3 is 1. The van der Waals surface area contributed by atoms with E-state index in [0.717, 1.165) is 23.3 Å². The molecule has 0 amide bonds. The number of ether oxygens (including phenoxy) is 3. The molecule has 0 heterocycles. The van der Waals surface area contributed by atoms with E-state index in [1.165, 1.54) is 7.28 Å². The third kappa shape index (κ3) is 5.80. The lowest BCUT2D eigenvalue weighted by molar-refractivity contribution is -0.120. The van der Waals surface area contributed by atoms with Gasteiger partial charge in [-0.15, -0.1) is 0 Å². The summed E-state index contributed by atoms with van der Waals surface area (Å²) in [6.45, 7) is 0.548. The molecule has 6 heteroatoms. The Labute approximate surface area is 141 Å². The maximum Gasteiger partial charge on any atom is 0.298 e. The van der Waals surface area contributed by atoms with Gasteiger partial charge in [0.1, 0.15) is 18.1 Å². The third-order valence-electron chi connectivity index (χ3n) is 3.39. The number of benzene rings is 2. The van der Waals surface area contributed by atoms with Crippen molar-refractivity contribution in [1.82, 2.24) is 0 Å². The number of carbonyl (C=O) groups is 2. The summed E-state index contributed by atoms with van der Waals surface area (Å²) in [5, 5.41) is 0. The van der Waals surface area contributed by atoms with E-state index < -0.39 is 0 Å². The van der Waals surface area contributed by atoms with Gasteiger partial charge in [0.15, 0.2) is 0 Å². The first-order valence-electron chi connectivity index (χ1n) is 7.53. The largest absolute Gasteiger partial charge is 0.497 e. The lowest BCUT2D eigenvalue weighted by atomic mass is 9.73. The Bertz CT molecular complexity index is 652. The average molecular weight is 325 g/mol. The van der Waals surface area contributed by atoms with Crippen LogP contribution in [0.4, 0.5) is 4.79 Å². The van der Waals surface area contributed by atoms with Crippen molar-refractivity contribution in [2.75, 3.05) is 7.11 Å². The van der Waals surface area contributed by atoms with Gasteiger partial charge < -0.3 is 14.2 Å². The summed E-state index contributed by atoms with van der Waals surface area (Å²) in [6.07, 6.45) is 1.37. The highest BCUT2D eigenvalue weighted by Crippen LogP contribution is 2.14. The minimum atomic E-state index is -0.350. The first-order chi connectivity index (χ1) is 11.7. The molecular formula is C18H18BO5. The van der Waals surface area contributed by atoms with Gasteiger partial charge in [-0.25, -0.2) is 0 Å². The molecule has 2 rings (SSSR count). The fourth-order valence-electron chi connectivity index (χ4n) is 2.08. The first kappa shape index (κ1) is 17.6. The molecule has 0 aliphatic heterocycles. The Hall–Kier alpha value is -2.76. The second-order valence-corrected chi connectivity index (χ2v) is 5.06. The predicted octanol–water partition coefficient (Wildman–Crippen LogP) is 3.23. The van der Waals surface area contributed by atoms with Crippen LogP contribution in [-0.2, 0) is 22.6 Å². The van der Waals surface area contributed by atoms with Crippen molar-refractivity contribution in [3.8, 4) is 11.5 Å². The predicted molar refractivity (Wildman–Crippen MR) is 90.6 cm³/mol. The van der Waals surface area contributed by atoms with E-state index >= 15 is 0 Å². The molecule has 5 nitrogen and oxygen atoms in total. The van der Waals surface area contributed by atoms with Crippen LogP contribution in [0, 0.1) is 0 Å². The quantitative estimate of drug-likeness (QED) is 0.523. The van der Waals surface area contributed by atoms with Crippen LogP contribution in [0.15, 0.2) is 48.5 Å². The molecule has 0 aliphatic rings. The molecule has 1 radical (unpaired) electrons. The number of hydrogen-bond donors (Lipinski definition) is 0. The zero-order valence-corrected chi connectivity index (χ0v) is 13.4. The summed E-state index contributed by atoms with van der Waals surface area (Å²) >= 11 is 0. The fourth-order valence-corrected chi connectivity index (χ4v) is 2.08. The minimum absolute atomic E-state index is 0.180. The van der Waals surface area contributed by atoms with E-state index in [0.29, 0.717) is 18.5 Å². The number of aryl methyl sites for hydroxylation is 1. The van der Waals surface area contributed by atoms with Crippen LogP contribution in [0.1, 0.15) is 11.1 Å². The monoisotopic (exact) mass is 325 g/mol. The standard InChI is InChI=1S/C18H18BO5/c1-22-16-6-2-14(3-7-16)10-11-19-18(21)23-12-15-4-8-17(9-5-15)24-13-20/h2-9,13H,10-12H2,1H3. The summed E-state index contributed by atoms with van der Waals surface area (Å²) < 4.78 is 15.0. The molecule has 2 aromatic rings. The van der Waals surface area contributed by atoms with Gasteiger partial charge in [0.2, 0.25) is 5.87 Å². The molecule has 24 heavy (non-hydrogen) atoms. The summed E-state index contributed by atoms with van der Waals surface area (Å²) in [5.74, 6) is 0.912. The Kier molecular flexibility index (Phi) is 6.89. The fraction of sp³-hybridized carbons (Fsp3) is 0.222. The van der Waals surface area contributed by atoms with Crippen LogP contribution >= 0.6 is 0 Å². The highest BCUT2D eigenvalue weighted by molar-refractivity contribution is 6.71. The molecule has 0 fully saturated rings. The summed E-state index contributed by atoms with van der Waals surface area (Å²) in [6, 6.07) is 14.5. The van der Waals surface area contributed by atoms with Crippen molar-refractivity contribution in [2.45, 2.75) is 19.3 Å². The number of rotatable bonds is 9. The van der Waals surface area contributed by atoms with Gasteiger partial charge >= 0.3 is 0 Å². The molecule has 2 aromatic carbocycles. The van der Waals surface area contributed by atoms with E-state index in [1.54, 1.807) is 31.4 Å². The normalized spacial score (nSPS) is 9.88. The zero-order valence-electron chi connectivity index (χ0n) is 13.4. The van der Waals surface area contributed by atoms with E-state index in [-0.39, 0.29) is 12.5 Å². The Morgan fingerprint density at radius 1 is 1.00 bits per heavy atom. The van der Waals surface area contributed by atoms with Crippen molar-refractivity contribution in [2.24, 2.45) is 0 Å². The molecule has 0 saturated carbocycles. The van der Waals surface area contributed by atoms with Crippen molar-refractivity contribution >= 4 is 19.6 Å². The zero-order chi connectivity index (χ0) is 17.2. The van der Waals surface area contributed by atoms with E-state index in [2.05, 4.69) is 0 Å². The van der Waals surface area contributed by atoms with E-state index in [9.17, 15) is 9.59 Å². The second-order valence-electron chi connectivity index (χ2n) is 5.06. The van der Waals surface area contributed by atoms with E-state index in [4.69, 9.17) is 14.2 Å².